The predicted molar refractivity (Wildman–Crippen MR) is 58.9 cm³/mol. The fourth-order valence-electron chi connectivity index (χ4n) is 0.751. The molecule has 0 radical (unpaired) electrons. The molecule has 0 aliphatic heterocycles. The smallest absolute Gasteiger partial charge is 0.408 e. The third-order valence-corrected chi connectivity index (χ3v) is 1.31. The summed E-state index contributed by atoms with van der Waals surface area (Å²) in [5, 5.41) is 10.8. The van der Waals surface area contributed by atoms with Crippen molar-refractivity contribution in [1.29, 1.82) is 0 Å². The lowest BCUT2D eigenvalue weighted by molar-refractivity contribution is -0.136. The summed E-state index contributed by atoms with van der Waals surface area (Å²) in [6.45, 7) is 5.47. The van der Waals surface area contributed by atoms with E-state index in [0.29, 0.717) is 0 Å². The van der Waals surface area contributed by atoms with Crippen LogP contribution in [0.2, 0.25) is 0 Å². The van der Waals surface area contributed by atoms with Crippen molar-refractivity contribution in [3.8, 4) is 11.8 Å². The van der Waals surface area contributed by atoms with Crippen molar-refractivity contribution in [3.05, 3.63) is 0 Å². The van der Waals surface area contributed by atoms with Crippen molar-refractivity contribution in [2.75, 3.05) is 6.54 Å². The molecule has 90 valence electrons. The number of rotatable bonds is 3. The normalized spacial score (nSPS) is 9.94. The number of hydrogen-bond donors (Lipinski definition) is 2. The van der Waals surface area contributed by atoms with Gasteiger partial charge in [0.05, 0.1) is 13.0 Å². The van der Waals surface area contributed by atoms with Gasteiger partial charge in [0.1, 0.15) is 5.60 Å². The highest BCUT2D eigenvalue weighted by atomic mass is 16.6. The second kappa shape index (κ2) is 6.72. The molecule has 0 aromatic carbocycles. The van der Waals surface area contributed by atoms with E-state index in [0.717, 1.165) is 0 Å². The van der Waals surface area contributed by atoms with Gasteiger partial charge < -0.3 is 15.2 Å². The molecule has 5 heteroatoms. The first-order valence-corrected chi connectivity index (χ1v) is 4.95. The molecule has 0 heterocycles. The highest BCUT2D eigenvalue weighted by molar-refractivity contribution is 5.68. The Balaban J connectivity index is 3.65. The van der Waals surface area contributed by atoms with Crippen molar-refractivity contribution < 1.29 is 19.4 Å². The summed E-state index contributed by atoms with van der Waals surface area (Å²) in [5.74, 6) is 4.39. The van der Waals surface area contributed by atoms with Crippen LogP contribution >= 0.6 is 0 Å². The first-order chi connectivity index (χ1) is 7.31. The van der Waals surface area contributed by atoms with Crippen molar-refractivity contribution in [1.82, 2.24) is 5.32 Å². The Morgan fingerprint density at radius 3 is 2.44 bits per heavy atom. The number of carbonyl (C=O) groups is 2. The molecular weight excluding hydrogens is 210 g/mol. The van der Waals surface area contributed by atoms with Gasteiger partial charge in [-0.15, -0.1) is 5.92 Å². The van der Waals surface area contributed by atoms with Crippen molar-refractivity contribution in [2.45, 2.75) is 39.2 Å². The summed E-state index contributed by atoms with van der Waals surface area (Å²) in [6.07, 6.45) is -0.231. The average Bonchev–Trinajstić information content (AvgIpc) is 2.07. The Kier molecular flexibility index (Phi) is 6.01. The number of alkyl carbamates (subject to hydrolysis) is 1. The Labute approximate surface area is 95.2 Å². The molecule has 0 aliphatic carbocycles. The van der Waals surface area contributed by atoms with E-state index >= 15 is 0 Å². The van der Waals surface area contributed by atoms with E-state index in [-0.39, 0.29) is 19.4 Å². The molecule has 1 amide bonds. The van der Waals surface area contributed by atoms with E-state index < -0.39 is 17.7 Å². The molecule has 0 fully saturated rings. The van der Waals surface area contributed by atoms with Crippen molar-refractivity contribution >= 4 is 12.1 Å². The molecule has 0 aliphatic rings. The van der Waals surface area contributed by atoms with Crippen LogP contribution in [0.1, 0.15) is 33.6 Å². The van der Waals surface area contributed by atoms with E-state index in [1.54, 1.807) is 20.8 Å². The Morgan fingerprint density at radius 1 is 1.31 bits per heavy atom. The van der Waals surface area contributed by atoms with E-state index in [9.17, 15) is 9.59 Å². The van der Waals surface area contributed by atoms with Crippen LogP contribution in [0.4, 0.5) is 4.79 Å². The molecule has 2 N–H and O–H groups in total. The summed E-state index contributed by atoms with van der Waals surface area (Å²) in [5.41, 5.74) is -0.527. The summed E-state index contributed by atoms with van der Waals surface area (Å²) in [4.78, 5) is 21.2. The molecule has 0 aromatic heterocycles. The largest absolute Gasteiger partial charge is 0.481 e. The van der Waals surface area contributed by atoms with Gasteiger partial charge in [-0.2, -0.15) is 0 Å². The second-order valence-electron chi connectivity index (χ2n) is 4.10. The maximum absolute atomic E-state index is 11.1. The predicted octanol–water partition coefficient (Wildman–Crippen LogP) is 1.38. The molecule has 16 heavy (non-hydrogen) atoms. The third kappa shape index (κ3) is 10.4. The molecule has 0 spiro atoms. The summed E-state index contributed by atoms with van der Waals surface area (Å²) in [6, 6.07) is 0. The fourth-order valence-corrected chi connectivity index (χ4v) is 0.751. The monoisotopic (exact) mass is 227 g/mol. The lowest BCUT2D eigenvalue weighted by atomic mass is 10.2. The maximum Gasteiger partial charge on any atom is 0.408 e. The fraction of sp³-hybridized carbons (Fsp3) is 0.636. The minimum absolute atomic E-state index is 0.0133. The number of nitrogens with one attached hydrogen (secondary N) is 1. The van der Waals surface area contributed by atoms with Crippen LogP contribution in [-0.4, -0.2) is 29.3 Å². The van der Waals surface area contributed by atoms with Gasteiger partial charge in [-0.3, -0.25) is 4.79 Å². The highest BCUT2D eigenvalue weighted by Gasteiger charge is 2.14. The number of hydrogen-bond acceptors (Lipinski definition) is 3. The number of ether oxygens (including phenoxy) is 1. The van der Waals surface area contributed by atoms with Crippen LogP contribution < -0.4 is 5.32 Å². The topological polar surface area (TPSA) is 75.6 Å². The van der Waals surface area contributed by atoms with Gasteiger partial charge in [-0.05, 0) is 20.8 Å². The van der Waals surface area contributed by atoms with E-state index in [4.69, 9.17) is 9.84 Å². The quantitative estimate of drug-likeness (QED) is 0.714. The average molecular weight is 227 g/mol. The van der Waals surface area contributed by atoms with Gasteiger partial charge in [0.15, 0.2) is 0 Å². The van der Waals surface area contributed by atoms with Gasteiger partial charge in [-0.1, -0.05) is 5.92 Å². The van der Waals surface area contributed by atoms with Crippen LogP contribution in [0.15, 0.2) is 0 Å². The molecule has 0 saturated heterocycles. The van der Waals surface area contributed by atoms with Gasteiger partial charge >= 0.3 is 12.1 Å². The molecule has 0 aromatic rings. The molecule has 5 nitrogen and oxygen atoms in total. The number of carbonyl (C=O) groups excluding carboxylic acids is 1. The zero-order chi connectivity index (χ0) is 12.6. The van der Waals surface area contributed by atoms with Crippen LogP contribution in [0.3, 0.4) is 0 Å². The second-order valence-corrected chi connectivity index (χ2v) is 4.10. The summed E-state index contributed by atoms with van der Waals surface area (Å²) >= 11 is 0. The summed E-state index contributed by atoms with van der Waals surface area (Å²) in [7, 11) is 0. The van der Waals surface area contributed by atoms with Crippen molar-refractivity contribution in [2.24, 2.45) is 0 Å². The van der Waals surface area contributed by atoms with Crippen molar-refractivity contribution in [3.63, 3.8) is 0 Å². The van der Waals surface area contributed by atoms with Crippen LogP contribution in [0.25, 0.3) is 0 Å². The minimum atomic E-state index is -0.880. The minimum Gasteiger partial charge on any atom is -0.481 e. The Morgan fingerprint density at radius 2 is 1.94 bits per heavy atom. The zero-order valence-electron chi connectivity index (χ0n) is 9.79. The SMILES string of the molecule is CC(C)(C)OC(=O)NCC#CCCC(=O)O. The van der Waals surface area contributed by atoms with E-state index in [1.807, 2.05) is 0 Å². The van der Waals surface area contributed by atoms with E-state index in [2.05, 4.69) is 17.2 Å². The molecule has 0 unspecified atom stereocenters. The van der Waals surface area contributed by atoms with Gasteiger partial charge in [0.25, 0.3) is 0 Å². The lowest BCUT2D eigenvalue weighted by Crippen LogP contribution is -2.32. The number of carboxylic acids is 1. The van der Waals surface area contributed by atoms with Crippen LogP contribution in [0.5, 0.6) is 0 Å². The van der Waals surface area contributed by atoms with Gasteiger partial charge in [0.2, 0.25) is 0 Å². The van der Waals surface area contributed by atoms with Gasteiger partial charge in [0, 0.05) is 6.42 Å². The number of aliphatic carboxylic acids is 1. The molecular formula is C11H17NO4. The van der Waals surface area contributed by atoms with Crippen LogP contribution in [0, 0.1) is 11.8 Å². The van der Waals surface area contributed by atoms with E-state index in [1.165, 1.54) is 0 Å². The number of carboxylic acid groups (broad SMARTS) is 1. The maximum atomic E-state index is 11.1. The molecule has 0 saturated carbocycles. The van der Waals surface area contributed by atoms with Gasteiger partial charge in [-0.25, -0.2) is 4.79 Å². The first kappa shape index (κ1) is 14.3. The zero-order valence-corrected chi connectivity index (χ0v) is 9.79. The highest BCUT2D eigenvalue weighted by Crippen LogP contribution is 2.05. The molecule has 0 atom stereocenters. The Bertz CT molecular complexity index is 306. The third-order valence-electron chi connectivity index (χ3n) is 1.31. The lowest BCUT2D eigenvalue weighted by Gasteiger charge is -2.18. The molecule has 0 bridgehead atoms. The standard InChI is InChI=1S/C11H17NO4/c1-11(2,3)16-10(15)12-8-6-4-5-7-9(13)14/h5,7-8H2,1-3H3,(H,12,15)(H,13,14). The van der Waals surface area contributed by atoms with Crippen LogP contribution in [-0.2, 0) is 9.53 Å². The first-order valence-electron chi connectivity index (χ1n) is 4.95. The number of amides is 1. The Hall–Kier alpha value is -1.70. The summed E-state index contributed by atoms with van der Waals surface area (Å²) < 4.78 is 4.97. The molecule has 0 rings (SSSR count).